The zero-order valence-electron chi connectivity index (χ0n) is 7.92. The minimum Gasteiger partial charge on any atom is -0.357 e. The van der Waals surface area contributed by atoms with E-state index in [4.69, 9.17) is 5.73 Å². The van der Waals surface area contributed by atoms with Gasteiger partial charge in [-0.05, 0) is 28.1 Å². The minimum absolute atomic E-state index is 0.350. The van der Waals surface area contributed by atoms with Crippen molar-refractivity contribution in [2.24, 2.45) is 5.73 Å². The van der Waals surface area contributed by atoms with Gasteiger partial charge in [0.2, 0.25) is 0 Å². The number of aromatic nitrogens is 2. The number of halogens is 1. The van der Waals surface area contributed by atoms with E-state index in [1.165, 1.54) is 0 Å². The van der Waals surface area contributed by atoms with Crippen molar-refractivity contribution in [2.45, 2.75) is 12.8 Å². The van der Waals surface area contributed by atoms with E-state index in [1.807, 2.05) is 6.07 Å². The molecule has 0 aliphatic rings. The van der Waals surface area contributed by atoms with E-state index < -0.39 is 0 Å². The van der Waals surface area contributed by atoms with Gasteiger partial charge in [0.05, 0.1) is 11.0 Å². The lowest BCUT2D eigenvalue weighted by Gasteiger charge is -2.03. The highest BCUT2D eigenvalue weighted by Gasteiger charge is 2.07. The first-order valence-electron chi connectivity index (χ1n) is 4.55. The van der Waals surface area contributed by atoms with Crippen LogP contribution in [-0.4, -0.2) is 16.5 Å². The van der Waals surface area contributed by atoms with Crippen LogP contribution < -0.4 is 5.73 Å². The topological polar surface area (TPSA) is 54.7 Å². The summed E-state index contributed by atoms with van der Waals surface area (Å²) in [5.41, 5.74) is 8.79. The Morgan fingerprint density at radius 1 is 1.57 bits per heavy atom. The zero-order chi connectivity index (χ0) is 10.1. The third-order valence-electron chi connectivity index (χ3n) is 2.34. The van der Waals surface area contributed by atoms with Crippen LogP contribution in [0.4, 0.5) is 0 Å². The van der Waals surface area contributed by atoms with Crippen LogP contribution in [-0.2, 0) is 0 Å². The molecule has 3 nitrogen and oxygen atoms in total. The fourth-order valence-electron chi connectivity index (χ4n) is 1.40. The van der Waals surface area contributed by atoms with E-state index >= 15 is 0 Å². The highest BCUT2D eigenvalue weighted by molar-refractivity contribution is 9.10. The molecule has 0 amide bonds. The number of nitrogens with two attached hydrogens (primary N) is 1. The van der Waals surface area contributed by atoms with Gasteiger partial charge in [-0.2, -0.15) is 0 Å². The number of fused-ring (bicyclic) bond motifs is 1. The Morgan fingerprint density at radius 2 is 2.36 bits per heavy atom. The molecule has 0 bridgehead atoms. The van der Waals surface area contributed by atoms with Crippen molar-refractivity contribution < 1.29 is 0 Å². The van der Waals surface area contributed by atoms with Crippen molar-refractivity contribution >= 4 is 27.0 Å². The first kappa shape index (κ1) is 9.68. The summed E-state index contributed by atoms with van der Waals surface area (Å²) < 4.78 is 0.985. The van der Waals surface area contributed by atoms with Crippen molar-refractivity contribution in [3.63, 3.8) is 0 Å². The molecule has 0 saturated heterocycles. The van der Waals surface area contributed by atoms with Gasteiger partial charge < -0.3 is 10.7 Å². The molecule has 2 aromatic heterocycles. The largest absolute Gasteiger partial charge is 0.357 e. The van der Waals surface area contributed by atoms with E-state index in [0.29, 0.717) is 12.5 Å². The first-order valence-corrected chi connectivity index (χ1v) is 5.34. The Kier molecular flexibility index (Phi) is 2.56. The molecule has 1 atom stereocenters. The number of aromatic amines is 1. The van der Waals surface area contributed by atoms with Crippen molar-refractivity contribution in [1.29, 1.82) is 0 Å². The van der Waals surface area contributed by atoms with Gasteiger partial charge >= 0.3 is 0 Å². The molecule has 0 saturated carbocycles. The number of nitrogens with one attached hydrogen (secondary N) is 1. The van der Waals surface area contributed by atoms with Crippen LogP contribution in [0, 0.1) is 0 Å². The second-order valence-corrected chi connectivity index (χ2v) is 4.36. The van der Waals surface area contributed by atoms with E-state index in [2.05, 4.69) is 38.9 Å². The Labute approximate surface area is 90.8 Å². The van der Waals surface area contributed by atoms with Gasteiger partial charge in [-0.25, -0.2) is 0 Å². The summed E-state index contributed by atoms with van der Waals surface area (Å²) in [5, 5.41) is 0. The van der Waals surface area contributed by atoms with Crippen molar-refractivity contribution in [2.75, 3.05) is 6.54 Å². The SMILES string of the molecule is CC(CN)c1cc2ncc(Br)cc2[nH]1. The van der Waals surface area contributed by atoms with Crippen LogP contribution >= 0.6 is 15.9 Å². The lowest BCUT2D eigenvalue weighted by atomic mass is 10.1. The molecule has 0 aromatic carbocycles. The molecule has 74 valence electrons. The lowest BCUT2D eigenvalue weighted by Crippen LogP contribution is -2.08. The molecule has 0 aliphatic carbocycles. The van der Waals surface area contributed by atoms with Gasteiger partial charge in [-0.15, -0.1) is 0 Å². The Bertz CT molecular complexity index is 450. The number of hydrogen-bond acceptors (Lipinski definition) is 2. The molecular weight excluding hydrogens is 242 g/mol. The fraction of sp³-hybridized carbons (Fsp3) is 0.300. The monoisotopic (exact) mass is 253 g/mol. The summed E-state index contributed by atoms with van der Waals surface area (Å²) in [6.07, 6.45) is 1.80. The summed E-state index contributed by atoms with van der Waals surface area (Å²) in [7, 11) is 0. The van der Waals surface area contributed by atoms with Crippen LogP contribution in [0.2, 0.25) is 0 Å². The molecule has 2 heterocycles. The van der Waals surface area contributed by atoms with Gasteiger partial charge in [-0.3, -0.25) is 4.98 Å². The number of H-pyrrole nitrogens is 1. The quantitative estimate of drug-likeness (QED) is 0.864. The molecule has 14 heavy (non-hydrogen) atoms. The molecule has 4 heteroatoms. The summed E-state index contributed by atoms with van der Waals surface area (Å²) in [5.74, 6) is 0.350. The van der Waals surface area contributed by atoms with Crippen LogP contribution in [0.1, 0.15) is 18.5 Å². The number of nitrogens with zero attached hydrogens (tertiary/aromatic N) is 1. The van der Waals surface area contributed by atoms with Crippen LogP contribution in [0.5, 0.6) is 0 Å². The second-order valence-electron chi connectivity index (χ2n) is 3.45. The molecule has 3 N–H and O–H groups in total. The van der Waals surface area contributed by atoms with Crippen molar-refractivity contribution in [3.05, 3.63) is 28.5 Å². The van der Waals surface area contributed by atoms with E-state index in [1.54, 1.807) is 6.20 Å². The third-order valence-corrected chi connectivity index (χ3v) is 2.77. The Morgan fingerprint density at radius 3 is 3.07 bits per heavy atom. The highest BCUT2D eigenvalue weighted by Crippen LogP contribution is 2.21. The van der Waals surface area contributed by atoms with Gasteiger partial charge in [0.1, 0.15) is 0 Å². The van der Waals surface area contributed by atoms with E-state index in [-0.39, 0.29) is 0 Å². The summed E-state index contributed by atoms with van der Waals surface area (Å²) in [6, 6.07) is 4.08. The molecule has 0 spiro atoms. The molecule has 0 aliphatic heterocycles. The number of rotatable bonds is 2. The predicted octanol–water partition coefficient (Wildman–Crippen LogP) is 2.39. The standard InChI is InChI=1S/C10H12BrN3/c1-6(4-12)8-3-9-10(14-8)2-7(11)5-13-9/h2-3,5-6,14H,4,12H2,1H3. The highest BCUT2D eigenvalue weighted by atomic mass is 79.9. The van der Waals surface area contributed by atoms with E-state index in [9.17, 15) is 0 Å². The van der Waals surface area contributed by atoms with Crippen LogP contribution in [0.15, 0.2) is 22.8 Å². The average molecular weight is 254 g/mol. The smallest absolute Gasteiger partial charge is 0.0882 e. The zero-order valence-corrected chi connectivity index (χ0v) is 9.51. The minimum atomic E-state index is 0.350. The Hall–Kier alpha value is -0.870. The number of hydrogen-bond donors (Lipinski definition) is 2. The maximum absolute atomic E-state index is 5.61. The molecule has 1 unspecified atom stereocenters. The van der Waals surface area contributed by atoms with Gasteiger partial charge in [0.15, 0.2) is 0 Å². The van der Waals surface area contributed by atoms with Gasteiger partial charge in [0, 0.05) is 28.8 Å². The third kappa shape index (κ3) is 1.67. The fourth-order valence-corrected chi connectivity index (χ4v) is 1.73. The van der Waals surface area contributed by atoms with Gasteiger partial charge in [-0.1, -0.05) is 6.92 Å². The molecular formula is C10H12BrN3. The second kappa shape index (κ2) is 3.71. The molecule has 0 fully saturated rings. The van der Waals surface area contributed by atoms with Crippen LogP contribution in [0.25, 0.3) is 11.0 Å². The lowest BCUT2D eigenvalue weighted by molar-refractivity contribution is 0.754. The van der Waals surface area contributed by atoms with Gasteiger partial charge in [0.25, 0.3) is 0 Å². The number of pyridine rings is 1. The van der Waals surface area contributed by atoms with Crippen molar-refractivity contribution in [1.82, 2.24) is 9.97 Å². The first-order chi connectivity index (χ1) is 6.70. The summed E-state index contributed by atoms with van der Waals surface area (Å²) in [4.78, 5) is 7.61. The maximum Gasteiger partial charge on any atom is 0.0882 e. The summed E-state index contributed by atoms with van der Waals surface area (Å²) >= 11 is 3.39. The maximum atomic E-state index is 5.61. The normalized spacial score (nSPS) is 13.4. The molecule has 2 rings (SSSR count). The summed E-state index contributed by atoms with van der Waals surface area (Å²) in [6.45, 7) is 2.74. The van der Waals surface area contributed by atoms with Crippen LogP contribution in [0.3, 0.4) is 0 Å². The Balaban J connectivity index is 2.51. The predicted molar refractivity (Wildman–Crippen MR) is 61.3 cm³/mol. The molecule has 0 radical (unpaired) electrons. The van der Waals surface area contributed by atoms with E-state index in [0.717, 1.165) is 21.2 Å². The average Bonchev–Trinajstić information content (AvgIpc) is 2.59. The van der Waals surface area contributed by atoms with Crippen molar-refractivity contribution in [3.8, 4) is 0 Å². The molecule has 2 aromatic rings.